The Bertz CT molecular complexity index is 1860. The third kappa shape index (κ3) is 7.07. The first-order valence-electron chi connectivity index (χ1n) is 21.8. The van der Waals surface area contributed by atoms with Crippen LogP contribution in [0, 0.1) is 23.7 Å². The van der Waals surface area contributed by atoms with Crippen LogP contribution in [-0.4, -0.2) is 94.7 Å². The molecule has 2 aromatic heterocycles. The Hall–Kier alpha value is -3.76. The molecule has 0 spiro atoms. The van der Waals surface area contributed by atoms with Gasteiger partial charge in [-0.3, -0.25) is 19.2 Å². The smallest absolute Gasteiger partial charge is 0.248 e. The summed E-state index contributed by atoms with van der Waals surface area (Å²) in [7, 11) is 4.28. The summed E-state index contributed by atoms with van der Waals surface area (Å²) in [6, 6.07) is 7.33. The van der Waals surface area contributed by atoms with Gasteiger partial charge in [0.2, 0.25) is 22.9 Å². The van der Waals surface area contributed by atoms with E-state index in [1.165, 1.54) is 22.3 Å². The van der Waals surface area contributed by atoms with Crippen LogP contribution in [0.15, 0.2) is 57.2 Å². The van der Waals surface area contributed by atoms with Gasteiger partial charge in [-0.1, -0.05) is 36.1 Å². The van der Waals surface area contributed by atoms with Crippen molar-refractivity contribution in [1.29, 1.82) is 0 Å². The van der Waals surface area contributed by atoms with E-state index in [0.717, 1.165) is 128 Å². The Kier molecular flexibility index (Phi) is 11.1. The second kappa shape index (κ2) is 15.9. The summed E-state index contributed by atoms with van der Waals surface area (Å²) in [5.41, 5.74) is 6.31. The van der Waals surface area contributed by atoms with Crippen molar-refractivity contribution in [3.63, 3.8) is 0 Å². The number of likely N-dealkylation sites (tertiary alicyclic amines) is 2. The van der Waals surface area contributed by atoms with Gasteiger partial charge in [0.15, 0.2) is 0 Å². The number of fused-ring (bicyclic) bond motifs is 2. The third-order valence-corrected chi connectivity index (χ3v) is 14.8. The highest BCUT2D eigenvalue weighted by Crippen LogP contribution is 2.58. The number of hydrogen-bond donors (Lipinski definition) is 2. The van der Waals surface area contributed by atoms with E-state index in [4.69, 9.17) is 0 Å². The summed E-state index contributed by atoms with van der Waals surface area (Å²) >= 11 is 0. The van der Waals surface area contributed by atoms with Gasteiger partial charge < -0.3 is 29.6 Å². The molecule has 8 rings (SSSR count). The van der Waals surface area contributed by atoms with E-state index in [1.54, 1.807) is 12.1 Å². The Morgan fingerprint density at radius 2 is 1.09 bits per heavy atom. The van der Waals surface area contributed by atoms with Crippen LogP contribution in [0.25, 0.3) is 0 Å². The number of nitrogens with one attached hydrogen (secondary N) is 2. The number of carbonyl (C=O) groups excluding carboxylic acids is 2. The van der Waals surface area contributed by atoms with Gasteiger partial charge in [0.05, 0.1) is 11.1 Å². The molecular weight excluding hydrogens is 701 g/mol. The minimum atomic E-state index is -0.341. The number of rotatable bonds is 13. The molecule has 6 atom stereocenters. The van der Waals surface area contributed by atoms with E-state index in [1.807, 2.05) is 12.1 Å². The quantitative estimate of drug-likeness (QED) is 0.195. The number of carbonyl (C=O) groups is 2. The molecule has 302 valence electrons. The molecule has 2 amide bonds. The van der Waals surface area contributed by atoms with Crippen LogP contribution in [-0.2, 0) is 33.5 Å². The molecule has 2 aromatic rings. The second-order valence-electron chi connectivity index (χ2n) is 18.5. The van der Waals surface area contributed by atoms with Crippen molar-refractivity contribution in [2.45, 2.75) is 115 Å². The molecule has 56 heavy (non-hydrogen) atoms. The van der Waals surface area contributed by atoms with Crippen LogP contribution in [0.2, 0.25) is 0 Å². The number of amides is 2. The number of allylic oxidation sites excluding steroid dienone is 2. The molecule has 0 unspecified atom stereocenters. The monoisotopic (exact) mass is 764 g/mol. The normalized spacial score (nSPS) is 28.9. The Morgan fingerprint density at radius 3 is 1.52 bits per heavy atom. The minimum absolute atomic E-state index is 0.0557. The summed E-state index contributed by atoms with van der Waals surface area (Å²) in [4.78, 5) is 68.0. The first-order valence-corrected chi connectivity index (χ1v) is 21.8. The molecule has 6 aliphatic rings. The van der Waals surface area contributed by atoms with Crippen molar-refractivity contribution in [3.8, 4) is 0 Å². The largest absolute Gasteiger partial charge is 0.332 e. The van der Waals surface area contributed by atoms with E-state index >= 15 is 0 Å². The number of H-pyrrole nitrogens is 2. The predicted molar refractivity (Wildman–Crippen MR) is 220 cm³/mol. The average molecular weight is 765 g/mol. The molecule has 2 N–H and O–H groups in total. The van der Waals surface area contributed by atoms with Gasteiger partial charge in [0.1, 0.15) is 0 Å². The fraction of sp³-hybridized carbons (Fsp3) is 0.652. The highest BCUT2D eigenvalue weighted by Gasteiger charge is 2.58. The van der Waals surface area contributed by atoms with Crippen molar-refractivity contribution in [3.05, 3.63) is 90.8 Å². The van der Waals surface area contributed by atoms with E-state index in [2.05, 4.69) is 69.7 Å². The van der Waals surface area contributed by atoms with E-state index in [-0.39, 0.29) is 34.0 Å². The molecule has 4 bridgehead atoms. The van der Waals surface area contributed by atoms with Crippen molar-refractivity contribution in [2.75, 3.05) is 53.4 Å². The van der Waals surface area contributed by atoms with E-state index < -0.39 is 0 Å². The third-order valence-electron chi connectivity index (χ3n) is 14.8. The molecule has 4 aliphatic carbocycles. The zero-order valence-corrected chi connectivity index (χ0v) is 34.3. The number of pyridine rings is 2. The summed E-state index contributed by atoms with van der Waals surface area (Å²) in [6.45, 7) is 9.45. The topological polar surface area (TPSA) is 113 Å². The van der Waals surface area contributed by atoms with Crippen molar-refractivity contribution < 1.29 is 9.59 Å². The van der Waals surface area contributed by atoms with Crippen LogP contribution in [0.4, 0.5) is 0 Å². The highest BCUT2D eigenvalue weighted by molar-refractivity contribution is 5.79. The van der Waals surface area contributed by atoms with Gasteiger partial charge >= 0.3 is 0 Å². The fourth-order valence-electron chi connectivity index (χ4n) is 12.5. The maximum Gasteiger partial charge on any atom is 0.248 e. The summed E-state index contributed by atoms with van der Waals surface area (Å²) in [6.07, 6.45) is 18.1. The van der Waals surface area contributed by atoms with Crippen molar-refractivity contribution in [1.82, 2.24) is 29.6 Å². The first-order chi connectivity index (χ1) is 27.0. The van der Waals surface area contributed by atoms with Crippen LogP contribution in [0.1, 0.15) is 113 Å². The average Bonchev–Trinajstić information content (AvgIpc) is 3.16. The lowest BCUT2D eigenvalue weighted by Gasteiger charge is -2.59. The molecule has 0 saturated carbocycles. The molecule has 2 fully saturated rings. The number of unbranched alkanes of at least 4 members (excludes halogenated alkanes) is 3. The van der Waals surface area contributed by atoms with Gasteiger partial charge in [0, 0.05) is 62.5 Å². The molecule has 2 saturated heterocycles. The van der Waals surface area contributed by atoms with Crippen molar-refractivity contribution in [2.24, 2.45) is 23.7 Å². The Balaban J connectivity index is 0.775. The summed E-state index contributed by atoms with van der Waals surface area (Å²) in [5, 5.41) is 0. The second-order valence-corrected chi connectivity index (χ2v) is 18.5. The summed E-state index contributed by atoms with van der Waals surface area (Å²) < 4.78 is 0. The Labute approximate surface area is 332 Å². The van der Waals surface area contributed by atoms with Gasteiger partial charge in [-0.25, -0.2) is 0 Å². The number of piperidine rings is 2. The highest BCUT2D eigenvalue weighted by atomic mass is 16.2. The van der Waals surface area contributed by atoms with E-state index in [9.17, 15) is 19.2 Å². The zero-order chi connectivity index (χ0) is 39.2. The van der Waals surface area contributed by atoms with Crippen molar-refractivity contribution >= 4 is 11.8 Å². The number of nitrogens with zero attached hydrogens (tertiary/aromatic N) is 4. The van der Waals surface area contributed by atoms with Gasteiger partial charge in [-0.2, -0.15) is 0 Å². The molecule has 2 aliphatic heterocycles. The molecule has 0 radical (unpaired) electrons. The predicted octanol–water partition coefficient (Wildman–Crippen LogP) is 5.88. The number of aromatic nitrogens is 2. The molecule has 0 aromatic carbocycles. The van der Waals surface area contributed by atoms with Gasteiger partial charge in [-0.15, -0.1) is 0 Å². The van der Waals surface area contributed by atoms with Gasteiger partial charge in [-0.05, 0) is 152 Å². The molecule has 10 nitrogen and oxygen atoms in total. The first kappa shape index (κ1) is 39.1. The minimum Gasteiger partial charge on any atom is -0.332 e. The molecule has 10 heteroatoms. The lowest BCUT2D eigenvalue weighted by molar-refractivity contribution is -0.149. The standard InChI is InChI=1S/C46H64N6O4/c1-31-25-33-27-39-37(13-15-41(53)47-39)45(29-31)35(33)11-9-21-51(45)43(55)17-23-49(3)19-7-5-6-8-20-50(4)24-18-44(56)52-22-10-12-36-34-26-32(2)30-46(36,52)38-14-16-42(54)48-40(38)28-34/h13-16,25-26,33-36H,5-12,17-24,27-30H2,1-4H3,(H,47,53)(H,48,54)/t33-,34-,35+,36+,45-,46-/m0/s1. The SMILES string of the molecule is CC1=C[C@H]2Cc3[nH]c(=O)ccc3[C@]3(C1)[C@@H]2CCCN3C(=O)CCN(C)CCCCCCN(C)CCC(=O)N1CCC[C@@H]2[C@H]3C=C(C)C[C@@]21c1ccc(=O)[nH]c1C3. The van der Waals surface area contributed by atoms with Gasteiger partial charge in [0.25, 0.3) is 0 Å². The van der Waals surface area contributed by atoms with E-state index in [0.29, 0.717) is 36.5 Å². The summed E-state index contributed by atoms with van der Waals surface area (Å²) in [5.74, 6) is 2.04. The van der Waals surface area contributed by atoms with Crippen LogP contribution >= 0.6 is 0 Å². The van der Waals surface area contributed by atoms with Crippen LogP contribution in [0.3, 0.4) is 0 Å². The number of aromatic amines is 2. The number of hydrogen-bond acceptors (Lipinski definition) is 6. The van der Waals surface area contributed by atoms with Crippen LogP contribution in [0.5, 0.6) is 0 Å². The lowest BCUT2D eigenvalue weighted by Crippen LogP contribution is -2.62. The molecular formula is C46H64N6O4. The van der Waals surface area contributed by atoms with Crippen LogP contribution < -0.4 is 11.1 Å². The maximum atomic E-state index is 14.0. The molecule has 4 heterocycles. The maximum absolute atomic E-state index is 14.0. The fourth-order valence-corrected chi connectivity index (χ4v) is 12.5. The Morgan fingerprint density at radius 1 is 0.661 bits per heavy atom. The zero-order valence-electron chi connectivity index (χ0n) is 34.3. The lowest BCUT2D eigenvalue weighted by atomic mass is 9.56.